The van der Waals surface area contributed by atoms with Crippen molar-refractivity contribution in [2.45, 2.75) is 19.6 Å². The van der Waals surface area contributed by atoms with Crippen molar-refractivity contribution in [2.75, 3.05) is 5.32 Å². The molecule has 1 aromatic heterocycles. The maximum absolute atomic E-state index is 12.9. The average Bonchev–Trinajstić information content (AvgIpc) is 2.31. The van der Waals surface area contributed by atoms with Crippen LogP contribution in [-0.4, -0.2) is 22.7 Å². The summed E-state index contributed by atoms with van der Waals surface area (Å²) in [5.74, 6) is -3.47. The molecule has 0 atom stereocenters. The Hall–Kier alpha value is -2.15. The van der Waals surface area contributed by atoms with Gasteiger partial charge in [0.05, 0.1) is 0 Å². The summed E-state index contributed by atoms with van der Waals surface area (Å²) in [6, 6.07) is 2.39. The van der Waals surface area contributed by atoms with Gasteiger partial charge in [-0.1, -0.05) is 11.6 Å². The number of ether oxygens (including phenoxy) is 2. The van der Waals surface area contributed by atoms with E-state index in [-0.39, 0.29) is 16.5 Å². The van der Waals surface area contributed by atoms with Gasteiger partial charge in [-0.3, -0.25) is 0 Å². The van der Waals surface area contributed by atoms with Gasteiger partial charge in [-0.25, -0.2) is 19.0 Å². The van der Waals surface area contributed by atoms with Crippen molar-refractivity contribution in [3.63, 3.8) is 0 Å². The lowest BCUT2D eigenvalue weighted by atomic mass is 10.2. The molecule has 0 spiro atoms. The van der Waals surface area contributed by atoms with Crippen LogP contribution in [0.15, 0.2) is 23.9 Å². The summed E-state index contributed by atoms with van der Waals surface area (Å²) >= 11 is 5.50. The molecule has 0 saturated carbocycles. The van der Waals surface area contributed by atoms with E-state index in [1.54, 1.807) is 0 Å². The fraction of sp³-hybridized carbons (Fsp3) is 0.250. The largest absolute Gasteiger partial charge is 0.419 e. The number of nitrogens with zero attached hydrogens (tertiary/aromatic N) is 1. The Balaban J connectivity index is 2.17. The highest BCUT2D eigenvalue weighted by molar-refractivity contribution is 6.29. The first-order valence-corrected chi connectivity index (χ1v) is 5.92. The van der Waals surface area contributed by atoms with E-state index in [4.69, 9.17) is 21.1 Å². The van der Waals surface area contributed by atoms with Gasteiger partial charge >= 0.3 is 11.9 Å². The van der Waals surface area contributed by atoms with Crippen LogP contribution in [0.5, 0.6) is 0 Å². The number of anilines is 1. The molecule has 1 aliphatic rings. The highest BCUT2D eigenvalue weighted by atomic mass is 35.5. The molecule has 6 nitrogen and oxygen atoms in total. The van der Waals surface area contributed by atoms with Crippen LogP contribution in [0.4, 0.5) is 10.2 Å². The molecule has 106 valence electrons. The van der Waals surface area contributed by atoms with Crippen molar-refractivity contribution in [1.29, 1.82) is 0 Å². The van der Waals surface area contributed by atoms with Crippen LogP contribution in [0.1, 0.15) is 13.8 Å². The van der Waals surface area contributed by atoms with Crippen LogP contribution >= 0.6 is 11.6 Å². The molecule has 2 heterocycles. The number of nitrogens with one attached hydrogen (secondary N) is 1. The molecule has 0 unspecified atom stereocenters. The van der Waals surface area contributed by atoms with Crippen LogP contribution in [0.3, 0.4) is 0 Å². The molecule has 1 saturated heterocycles. The topological polar surface area (TPSA) is 77.5 Å². The Morgan fingerprint density at radius 2 is 1.90 bits per heavy atom. The maximum Gasteiger partial charge on any atom is 0.350 e. The van der Waals surface area contributed by atoms with E-state index in [0.29, 0.717) is 0 Å². The highest BCUT2D eigenvalue weighted by Gasteiger charge is 2.38. The molecule has 0 aliphatic carbocycles. The van der Waals surface area contributed by atoms with Gasteiger partial charge < -0.3 is 14.8 Å². The van der Waals surface area contributed by atoms with E-state index in [1.165, 1.54) is 19.9 Å². The number of hydrogen-bond acceptors (Lipinski definition) is 6. The highest BCUT2D eigenvalue weighted by Crippen LogP contribution is 2.22. The fourth-order valence-electron chi connectivity index (χ4n) is 1.42. The number of hydrogen-bond donors (Lipinski definition) is 1. The average molecular weight is 301 g/mol. The maximum atomic E-state index is 12.9. The van der Waals surface area contributed by atoms with Gasteiger partial charge in [0.2, 0.25) is 0 Å². The number of carbonyl (C=O) groups is 2. The van der Waals surface area contributed by atoms with Crippen LogP contribution in [0.2, 0.25) is 5.15 Å². The number of rotatable bonds is 2. The number of aromatic nitrogens is 1. The predicted octanol–water partition coefficient (Wildman–Crippen LogP) is 2.01. The number of esters is 2. The van der Waals surface area contributed by atoms with Gasteiger partial charge in [-0.2, -0.15) is 0 Å². The van der Waals surface area contributed by atoms with Gasteiger partial charge in [0, 0.05) is 20.0 Å². The monoisotopic (exact) mass is 300 g/mol. The Bertz CT molecular complexity index is 593. The van der Waals surface area contributed by atoms with Crippen molar-refractivity contribution in [3.8, 4) is 0 Å². The second-order valence-corrected chi connectivity index (χ2v) is 4.71. The predicted molar refractivity (Wildman–Crippen MR) is 67.2 cm³/mol. The van der Waals surface area contributed by atoms with E-state index >= 15 is 0 Å². The van der Waals surface area contributed by atoms with E-state index in [0.717, 1.165) is 12.3 Å². The SMILES string of the molecule is CC1(C)OC(=O)C(=CNc2ccc(F)c(Cl)n2)C(=O)O1. The number of carbonyl (C=O) groups excluding carboxylic acids is 2. The Labute approximate surface area is 118 Å². The lowest BCUT2D eigenvalue weighted by Gasteiger charge is -2.29. The van der Waals surface area contributed by atoms with E-state index in [2.05, 4.69) is 10.3 Å². The van der Waals surface area contributed by atoms with Gasteiger partial charge in [0.25, 0.3) is 5.79 Å². The van der Waals surface area contributed by atoms with Crippen LogP contribution in [-0.2, 0) is 19.1 Å². The zero-order chi connectivity index (χ0) is 14.9. The molecule has 20 heavy (non-hydrogen) atoms. The first-order valence-electron chi connectivity index (χ1n) is 5.54. The minimum Gasteiger partial charge on any atom is -0.419 e. The number of pyridine rings is 1. The molecule has 8 heteroatoms. The summed E-state index contributed by atoms with van der Waals surface area (Å²) in [6.45, 7) is 2.88. The second kappa shape index (κ2) is 5.09. The zero-order valence-corrected chi connectivity index (χ0v) is 11.3. The third kappa shape index (κ3) is 3.05. The van der Waals surface area contributed by atoms with E-state index < -0.39 is 23.5 Å². The molecule has 2 rings (SSSR count). The molecule has 0 aromatic carbocycles. The molecule has 0 radical (unpaired) electrons. The molecule has 1 N–H and O–H groups in total. The summed E-state index contributed by atoms with van der Waals surface area (Å²) in [6.07, 6.45) is 1.07. The van der Waals surface area contributed by atoms with Gasteiger partial charge in [0.15, 0.2) is 16.5 Å². The van der Waals surface area contributed by atoms with Crippen LogP contribution < -0.4 is 5.32 Å². The lowest BCUT2D eigenvalue weighted by molar-refractivity contribution is -0.222. The van der Waals surface area contributed by atoms with Gasteiger partial charge in [-0.15, -0.1) is 0 Å². The van der Waals surface area contributed by atoms with Gasteiger partial charge in [0.1, 0.15) is 5.82 Å². The second-order valence-electron chi connectivity index (χ2n) is 4.35. The Morgan fingerprint density at radius 1 is 1.30 bits per heavy atom. The summed E-state index contributed by atoms with van der Waals surface area (Å²) in [5.41, 5.74) is -0.327. The van der Waals surface area contributed by atoms with Gasteiger partial charge in [-0.05, 0) is 12.1 Å². The molecular weight excluding hydrogens is 291 g/mol. The summed E-state index contributed by atoms with van der Waals surface area (Å²) in [5, 5.41) is 2.21. The quantitative estimate of drug-likeness (QED) is 0.389. The van der Waals surface area contributed by atoms with Crippen molar-refractivity contribution >= 4 is 29.4 Å². The molecule has 0 bridgehead atoms. The summed E-state index contributed by atoms with van der Waals surface area (Å²) < 4.78 is 22.7. The summed E-state index contributed by atoms with van der Waals surface area (Å²) in [7, 11) is 0. The smallest absolute Gasteiger partial charge is 0.350 e. The Morgan fingerprint density at radius 3 is 2.45 bits per heavy atom. The molecule has 1 aliphatic heterocycles. The first kappa shape index (κ1) is 14.3. The fourth-order valence-corrected chi connectivity index (χ4v) is 1.58. The zero-order valence-electron chi connectivity index (χ0n) is 10.6. The Kier molecular flexibility index (Phi) is 3.63. The van der Waals surface area contributed by atoms with Crippen LogP contribution in [0.25, 0.3) is 0 Å². The molecule has 1 aromatic rings. The van der Waals surface area contributed by atoms with E-state index in [1.807, 2.05) is 0 Å². The summed E-state index contributed by atoms with van der Waals surface area (Å²) in [4.78, 5) is 26.9. The minimum atomic E-state index is -1.30. The van der Waals surface area contributed by atoms with Crippen molar-refractivity contribution in [1.82, 2.24) is 4.98 Å². The third-order valence-corrected chi connectivity index (χ3v) is 2.55. The van der Waals surface area contributed by atoms with Crippen molar-refractivity contribution < 1.29 is 23.5 Å². The normalized spacial score (nSPS) is 17.3. The van der Waals surface area contributed by atoms with Crippen LogP contribution in [0, 0.1) is 5.82 Å². The van der Waals surface area contributed by atoms with Crippen molar-refractivity contribution in [2.24, 2.45) is 0 Å². The standard InChI is InChI=1S/C12H10ClFN2O4/c1-12(2)19-10(17)6(11(18)20-12)5-15-8-4-3-7(14)9(13)16-8/h3-5H,1-2H3,(H,15,16). The first-order chi connectivity index (χ1) is 9.28. The molecule has 1 fully saturated rings. The molecular formula is C12H10ClFN2O4. The number of halogens is 2. The third-order valence-electron chi connectivity index (χ3n) is 2.28. The van der Waals surface area contributed by atoms with E-state index in [9.17, 15) is 14.0 Å². The van der Waals surface area contributed by atoms with Crippen molar-refractivity contribution in [3.05, 3.63) is 34.9 Å². The number of cyclic esters (lactones) is 2. The molecule has 0 amide bonds. The minimum absolute atomic E-state index is 0.161. The lowest BCUT2D eigenvalue weighted by Crippen LogP contribution is -2.42.